The van der Waals surface area contributed by atoms with Crippen LogP contribution in [0.5, 0.6) is 0 Å². The van der Waals surface area contributed by atoms with E-state index < -0.39 is 22.3 Å². The summed E-state index contributed by atoms with van der Waals surface area (Å²) in [7, 11) is 0. The third-order valence-corrected chi connectivity index (χ3v) is 12.2. The standard InChI is InChI=1S/C25H25.2C7H5Cl.C5H5.2ClH.Zr/c1-14-12-24(3,4)22-8-16-7-17-9-23-19(15(2)13-25(23,5)6)11-21(17)20(16)10-18(14)22;2*1-6-2-4-7(8)5-3-6;1-2-4-5-3-1;;;/h7-13H,1-6H3;2*1-5H;1-3H,4H2;2*1H;/q-1;;;-1;;;/p-2. The number of benzene rings is 4. The van der Waals surface area contributed by atoms with E-state index in [9.17, 15) is 0 Å². The number of allylic oxidation sites excluding steroid dienone is 8. The van der Waals surface area contributed by atoms with Gasteiger partial charge >= 0.3 is 123 Å². The molecule has 0 amide bonds. The average Bonchev–Trinajstić information content (AvgIpc) is 3.81. The van der Waals surface area contributed by atoms with Crippen molar-refractivity contribution in [2.24, 2.45) is 0 Å². The third-order valence-electron chi connectivity index (χ3n) is 9.20. The molecule has 0 radical (unpaired) electrons. The summed E-state index contributed by atoms with van der Waals surface area (Å²) in [6, 6.07) is 28.0. The number of rotatable bonds is 2. The quantitative estimate of drug-likeness (QED) is 0.179. The van der Waals surface area contributed by atoms with Crippen molar-refractivity contribution >= 4 is 63.3 Å². The van der Waals surface area contributed by atoms with Gasteiger partial charge in [-0.05, 0) is 36.1 Å². The van der Waals surface area contributed by atoms with Crippen molar-refractivity contribution in [3.05, 3.63) is 159 Å². The van der Waals surface area contributed by atoms with Gasteiger partial charge in [-0.3, -0.25) is 6.08 Å². The van der Waals surface area contributed by atoms with Gasteiger partial charge in [0.15, 0.2) is 0 Å². The first kappa shape index (κ1) is 39.3. The van der Waals surface area contributed by atoms with E-state index in [4.69, 9.17) is 23.2 Å². The molecule has 3 aliphatic rings. The molecule has 0 aromatic heterocycles. The minimum Gasteiger partial charge on any atom is -1.00 e. The summed E-state index contributed by atoms with van der Waals surface area (Å²) in [5.41, 5.74) is 11.4. The summed E-state index contributed by atoms with van der Waals surface area (Å²) in [6.07, 6.45) is 14.8. The number of hydrogen-bond donors (Lipinski definition) is 0. The second-order valence-electron chi connectivity index (χ2n) is 13.8. The van der Waals surface area contributed by atoms with Crippen LogP contribution < -0.4 is 24.8 Å². The monoisotopic (exact) mass is 798 g/mol. The van der Waals surface area contributed by atoms with Crippen molar-refractivity contribution in [2.45, 2.75) is 58.8 Å². The Labute approximate surface area is 325 Å². The first-order valence-electron chi connectivity index (χ1n) is 16.2. The summed E-state index contributed by atoms with van der Waals surface area (Å²) in [5, 5.41) is 7.14. The summed E-state index contributed by atoms with van der Waals surface area (Å²) < 4.78 is 4.66. The van der Waals surface area contributed by atoms with Gasteiger partial charge < -0.3 is 24.8 Å². The molecule has 8 rings (SSSR count). The van der Waals surface area contributed by atoms with E-state index in [-0.39, 0.29) is 35.6 Å². The van der Waals surface area contributed by atoms with Crippen LogP contribution in [0.4, 0.5) is 0 Å². The zero-order valence-electron chi connectivity index (χ0n) is 28.8. The van der Waals surface area contributed by atoms with E-state index in [2.05, 4.69) is 128 Å². The third kappa shape index (κ3) is 8.87. The zero-order valence-corrected chi connectivity index (χ0v) is 34.2. The second-order valence-corrected chi connectivity index (χ2v) is 16.9. The Morgan fingerprint density at radius 3 is 1.45 bits per heavy atom. The van der Waals surface area contributed by atoms with Crippen molar-refractivity contribution in [3.8, 4) is 0 Å². The van der Waals surface area contributed by atoms with Gasteiger partial charge in [-0.1, -0.05) is 63.1 Å². The molecule has 0 heterocycles. The van der Waals surface area contributed by atoms with Gasteiger partial charge in [-0.2, -0.15) is 6.08 Å². The van der Waals surface area contributed by atoms with E-state index >= 15 is 0 Å². The molecular formula is C44H40Cl4Zr-4. The smallest absolute Gasteiger partial charge is 0.109 e. The van der Waals surface area contributed by atoms with Crippen LogP contribution >= 0.6 is 23.2 Å². The van der Waals surface area contributed by atoms with E-state index in [1.807, 2.05) is 36.4 Å². The number of hydrogen-bond acceptors (Lipinski definition) is 0. The Morgan fingerprint density at radius 1 is 0.673 bits per heavy atom. The molecule has 0 spiro atoms. The fourth-order valence-electron chi connectivity index (χ4n) is 6.91. The molecule has 5 heteroatoms. The Morgan fingerprint density at radius 2 is 1.10 bits per heavy atom. The van der Waals surface area contributed by atoms with Crippen LogP contribution in [0.2, 0.25) is 10.0 Å². The fourth-order valence-corrected chi connectivity index (χ4v) is 9.26. The molecular weight excluding hydrogens is 762 g/mol. The van der Waals surface area contributed by atoms with Crippen LogP contribution in [-0.2, 0) is 33.1 Å². The van der Waals surface area contributed by atoms with Crippen LogP contribution in [0.25, 0.3) is 32.7 Å². The van der Waals surface area contributed by atoms with E-state index in [0.29, 0.717) is 0 Å². The SMILES string of the molecule is CC1=CC(C)(C)c2cc3[cH-]c4cc5c(cc4c3cc21)C(C)=CC5(C)C.Clc1ccc([CH]=[Zr]=[CH]c2ccc(Cl)cc2)cc1.[C-]1=CC=CC1.[Cl-].[Cl-]. The Kier molecular flexibility index (Phi) is 13.0. The summed E-state index contributed by atoms with van der Waals surface area (Å²) in [5.74, 6) is 0. The first-order chi connectivity index (χ1) is 22.4. The van der Waals surface area contributed by atoms with Crippen LogP contribution in [0, 0.1) is 6.08 Å². The molecule has 0 saturated heterocycles. The van der Waals surface area contributed by atoms with Crippen LogP contribution in [0.1, 0.15) is 81.3 Å². The molecule has 49 heavy (non-hydrogen) atoms. The molecule has 0 atom stereocenters. The molecule has 0 unspecified atom stereocenters. The molecule has 0 aliphatic heterocycles. The fraction of sp³-hybridized carbons (Fsp3) is 0.205. The van der Waals surface area contributed by atoms with Crippen molar-refractivity contribution in [2.75, 3.05) is 0 Å². The molecule has 0 fully saturated rings. The van der Waals surface area contributed by atoms with Crippen molar-refractivity contribution < 1.29 is 47.1 Å². The van der Waals surface area contributed by atoms with Crippen LogP contribution in [0.3, 0.4) is 0 Å². The number of halogens is 4. The maximum atomic E-state index is 5.84. The molecule has 5 aromatic rings. The van der Waals surface area contributed by atoms with Crippen LogP contribution in [-0.4, -0.2) is 7.42 Å². The Balaban J connectivity index is 0.000000196. The van der Waals surface area contributed by atoms with Gasteiger partial charge in [0, 0.05) is 10.8 Å². The second kappa shape index (κ2) is 16.2. The molecule has 5 aromatic carbocycles. The Hall–Kier alpha value is -2.51. The largest absolute Gasteiger partial charge is 1.00 e. The molecule has 252 valence electrons. The maximum Gasteiger partial charge on any atom is -0.109 e. The average molecular weight is 802 g/mol. The molecule has 0 saturated carbocycles. The van der Waals surface area contributed by atoms with E-state index in [1.165, 1.54) is 66.1 Å². The summed E-state index contributed by atoms with van der Waals surface area (Å²) >= 11 is 11.0. The maximum absolute atomic E-state index is 5.84. The first-order valence-corrected chi connectivity index (χ1v) is 19.8. The topological polar surface area (TPSA) is 0 Å². The zero-order chi connectivity index (χ0) is 33.3. The van der Waals surface area contributed by atoms with Gasteiger partial charge in [0.1, 0.15) is 0 Å². The molecule has 0 N–H and O–H groups in total. The van der Waals surface area contributed by atoms with Crippen LogP contribution in [0.15, 0.2) is 109 Å². The van der Waals surface area contributed by atoms with Gasteiger partial charge in [0.2, 0.25) is 0 Å². The minimum absolute atomic E-state index is 0. The molecule has 3 aliphatic carbocycles. The van der Waals surface area contributed by atoms with E-state index in [1.54, 1.807) is 0 Å². The Bertz CT molecular complexity index is 2010. The predicted octanol–water partition coefficient (Wildman–Crippen LogP) is 6.49. The van der Waals surface area contributed by atoms with Gasteiger partial charge in [0.25, 0.3) is 0 Å². The molecule has 0 nitrogen and oxygen atoms in total. The van der Waals surface area contributed by atoms with Gasteiger partial charge in [-0.15, -0.1) is 46.2 Å². The van der Waals surface area contributed by atoms with Crippen molar-refractivity contribution in [1.29, 1.82) is 0 Å². The van der Waals surface area contributed by atoms with Crippen molar-refractivity contribution in [3.63, 3.8) is 0 Å². The summed E-state index contributed by atoms with van der Waals surface area (Å²) in [4.78, 5) is 0. The predicted molar refractivity (Wildman–Crippen MR) is 205 cm³/mol. The van der Waals surface area contributed by atoms with Gasteiger partial charge in [-0.25, -0.2) is 12.2 Å². The van der Waals surface area contributed by atoms with Gasteiger partial charge in [0.05, 0.1) is 0 Å². The number of fused-ring (bicyclic) bond motifs is 5. The minimum atomic E-state index is -0.623. The molecule has 0 bridgehead atoms. The summed E-state index contributed by atoms with van der Waals surface area (Å²) in [6.45, 7) is 13.8. The van der Waals surface area contributed by atoms with Crippen molar-refractivity contribution in [1.82, 2.24) is 0 Å². The van der Waals surface area contributed by atoms with E-state index in [0.717, 1.165) is 16.5 Å². The normalized spacial score (nSPS) is 15.3.